The summed E-state index contributed by atoms with van der Waals surface area (Å²) >= 11 is 0. The first-order valence-electron chi connectivity index (χ1n) is 10.3. The Hall–Kier alpha value is -1.88. The van der Waals surface area contributed by atoms with Crippen molar-refractivity contribution in [3.05, 3.63) is 35.9 Å². The Bertz CT molecular complexity index is 638. The zero-order valence-electron chi connectivity index (χ0n) is 16.7. The van der Waals surface area contributed by atoms with E-state index in [4.69, 9.17) is 4.74 Å². The lowest BCUT2D eigenvalue weighted by Gasteiger charge is -2.49. The van der Waals surface area contributed by atoms with Crippen molar-refractivity contribution >= 4 is 11.8 Å². The van der Waals surface area contributed by atoms with Crippen molar-refractivity contribution in [1.82, 2.24) is 9.80 Å². The number of carbonyl (C=O) groups is 2. The van der Waals surface area contributed by atoms with Crippen molar-refractivity contribution in [2.24, 2.45) is 5.41 Å². The highest BCUT2D eigenvalue weighted by molar-refractivity contribution is 5.85. The molecule has 2 aliphatic heterocycles. The number of hydrogen-bond acceptors (Lipinski definition) is 3. The molecule has 0 aromatic heterocycles. The Morgan fingerprint density at radius 3 is 2.52 bits per heavy atom. The van der Waals surface area contributed by atoms with Crippen LogP contribution >= 0.6 is 0 Å². The first-order valence-corrected chi connectivity index (χ1v) is 10.3. The van der Waals surface area contributed by atoms with Crippen molar-refractivity contribution in [3.63, 3.8) is 0 Å². The number of benzene rings is 1. The van der Waals surface area contributed by atoms with Gasteiger partial charge in [-0.15, -0.1) is 0 Å². The molecule has 1 aromatic carbocycles. The molecular weight excluding hydrogens is 340 g/mol. The predicted octanol–water partition coefficient (Wildman–Crippen LogP) is 3.06. The third-order valence-corrected chi connectivity index (χ3v) is 6.11. The van der Waals surface area contributed by atoms with Gasteiger partial charge in [-0.2, -0.15) is 0 Å². The van der Waals surface area contributed by atoms with Crippen LogP contribution < -0.4 is 0 Å². The molecule has 3 rings (SSSR count). The van der Waals surface area contributed by atoms with Crippen LogP contribution in [0.2, 0.25) is 0 Å². The molecule has 1 atom stereocenters. The van der Waals surface area contributed by atoms with Crippen LogP contribution in [-0.2, 0) is 14.3 Å². The zero-order valence-corrected chi connectivity index (χ0v) is 16.7. The summed E-state index contributed by atoms with van der Waals surface area (Å²) in [6.07, 6.45) is 3.73. The summed E-state index contributed by atoms with van der Waals surface area (Å²) in [4.78, 5) is 29.2. The number of rotatable bonds is 6. The maximum absolute atomic E-state index is 12.9. The Morgan fingerprint density at radius 2 is 1.89 bits per heavy atom. The van der Waals surface area contributed by atoms with Crippen LogP contribution in [0.4, 0.5) is 0 Å². The van der Waals surface area contributed by atoms with E-state index in [0.717, 1.165) is 57.4 Å². The van der Waals surface area contributed by atoms with Crippen LogP contribution in [-0.4, -0.2) is 61.0 Å². The van der Waals surface area contributed by atoms with Gasteiger partial charge in [-0.3, -0.25) is 9.59 Å². The Morgan fingerprint density at radius 1 is 1.19 bits per heavy atom. The number of hydrogen-bond donors (Lipinski definition) is 0. The number of ether oxygens (including phenoxy) is 1. The second kappa shape index (κ2) is 8.87. The molecule has 2 aliphatic rings. The topological polar surface area (TPSA) is 49.9 Å². The number of piperidine rings is 2. The first-order chi connectivity index (χ1) is 13.1. The Kier molecular flexibility index (Phi) is 6.53. The average molecular weight is 373 g/mol. The van der Waals surface area contributed by atoms with Gasteiger partial charge in [0.2, 0.25) is 11.8 Å². The van der Waals surface area contributed by atoms with E-state index >= 15 is 0 Å². The normalized spacial score (nSPS) is 22.3. The Labute approximate surface area is 162 Å². The molecule has 148 valence electrons. The first kappa shape index (κ1) is 19.9. The fraction of sp³-hybridized carbons (Fsp3) is 0.636. The van der Waals surface area contributed by atoms with E-state index < -0.39 is 0 Å². The van der Waals surface area contributed by atoms with E-state index in [0.29, 0.717) is 6.61 Å². The lowest BCUT2D eigenvalue weighted by atomic mass is 9.67. The van der Waals surface area contributed by atoms with Gasteiger partial charge in [0.05, 0.1) is 5.92 Å². The number of nitrogens with zero attached hydrogens (tertiary/aromatic N) is 2. The molecule has 2 amide bonds. The van der Waals surface area contributed by atoms with Crippen molar-refractivity contribution in [2.75, 3.05) is 39.4 Å². The minimum atomic E-state index is -0.0601. The molecule has 0 bridgehead atoms. The second-order valence-corrected chi connectivity index (χ2v) is 7.95. The number of likely N-dealkylation sites (N-methyl/N-ethyl adjacent to an activating group) is 1. The van der Waals surface area contributed by atoms with Gasteiger partial charge in [0, 0.05) is 32.8 Å². The predicted molar refractivity (Wildman–Crippen MR) is 105 cm³/mol. The Balaban J connectivity index is 1.67. The molecule has 0 aliphatic carbocycles. The highest BCUT2D eigenvalue weighted by Gasteiger charge is 2.46. The van der Waals surface area contributed by atoms with E-state index in [1.807, 2.05) is 34.9 Å². The molecule has 0 N–H and O–H groups in total. The molecule has 2 fully saturated rings. The minimum absolute atomic E-state index is 0.0601. The molecule has 5 nitrogen and oxygen atoms in total. The van der Waals surface area contributed by atoms with Crippen LogP contribution in [0.1, 0.15) is 51.0 Å². The lowest BCUT2D eigenvalue weighted by Crippen LogP contribution is -2.54. The lowest BCUT2D eigenvalue weighted by molar-refractivity contribution is -0.146. The van der Waals surface area contributed by atoms with Gasteiger partial charge < -0.3 is 14.5 Å². The highest BCUT2D eigenvalue weighted by atomic mass is 16.5. The van der Waals surface area contributed by atoms with Crippen LogP contribution in [0.15, 0.2) is 30.3 Å². The van der Waals surface area contributed by atoms with Crippen LogP contribution in [0, 0.1) is 5.41 Å². The van der Waals surface area contributed by atoms with Crippen LogP contribution in [0.3, 0.4) is 0 Å². The molecule has 0 radical (unpaired) electrons. The van der Waals surface area contributed by atoms with Gasteiger partial charge in [0.15, 0.2) is 0 Å². The molecule has 2 heterocycles. The summed E-state index contributed by atoms with van der Waals surface area (Å²) in [7, 11) is 0. The quantitative estimate of drug-likeness (QED) is 0.721. The van der Waals surface area contributed by atoms with Crippen molar-refractivity contribution in [2.45, 2.75) is 45.4 Å². The largest absolute Gasteiger partial charge is 0.372 e. The average Bonchev–Trinajstić information content (AvgIpc) is 2.71. The van der Waals surface area contributed by atoms with E-state index in [1.165, 1.54) is 0 Å². The third kappa shape index (κ3) is 4.52. The molecule has 0 unspecified atom stereocenters. The molecule has 27 heavy (non-hydrogen) atoms. The summed E-state index contributed by atoms with van der Waals surface area (Å²) in [5.41, 5.74) is 1.23. The van der Waals surface area contributed by atoms with Crippen molar-refractivity contribution in [1.29, 1.82) is 0 Å². The zero-order chi connectivity index (χ0) is 19.3. The fourth-order valence-corrected chi connectivity index (χ4v) is 4.49. The molecule has 5 heteroatoms. The SMILES string of the molecule is CCCOCC(=O)N1CCC2(CC1)C[C@H](c1ccccc1)C(=O)N(CC)C2. The summed E-state index contributed by atoms with van der Waals surface area (Å²) in [5, 5.41) is 0. The van der Waals surface area contributed by atoms with Gasteiger partial charge in [-0.1, -0.05) is 37.3 Å². The van der Waals surface area contributed by atoms with Gasteiger partial charge in [0.1, 0.15) is 6.61 Å². The third-order valence-electron chi connectivity index (χ3n) is 6.11. The molecule has 2 saturated heterocycles. The highest BCUT2D eigenvalue weighted by Crippen LogP contribution is 2.45. The summed E-state index contributed by atoms with van der Waals surface area (Å²) < 4.78 is 5.41. The van der Waals surface area contributed by atoms with Gasteiger partial charge in [0.25, 0.3) is 0 Å². The standard InChI is InChI=1S/C22H32N2O3/c1-3-14-27-16-20(25)24-12-10-22(11-13-24)15-19(18-8-6-5-7-9-18)21(26)23(4-2)17-22/h5-9,19H,3-4,10-17H2,1-2H3/t19-/m1/s1. The number of carbonyl (C=O) groups excluding carboxylic acids is 2. The van der Waals surface area contributed by atoms with Crippen molar-refractivity contribution < 1.29 is 14.3 Å². The molecule has 1 aromatic rings. The van der Waals surface area contributed by atoms with E-state index in [-0.39, 0.29) is 29.8 Å². The van der Waals surface area contributed by atoms with Crippen LogP contribution in [0.5, 0.6) is 0 Å². The van der Waals surface area contributed by atoms with E-state index in [2.05, 4.69) is 19.1 Å². The maximum atomic E-state index is 12.9. The van der Waals surface area contributed by atoms with Gasteiger partial charge in [-0.05, 0) is 43.6 Å². The van der Waals surface area contributed by atoms with Crippen LogP contribution in [0.25, 0.3) is 0 Å². The van der Waals surface area contributed by atoms with E-state index in [9.17, 15) is 9.59 Å². The van der Waals surface area contributed by atoms with E-state index in [1.54, 1.807) is 0 Å². The number of likely N-dealkylation sites (tertiary alicyclic amines) is 2. The second-order valence-electron chi connectivity index (χ2n) is 7.95. The van der Waals surface area contributed by atoms with Crippen molar-refractivity contribution in [3.8, 4) is 0 Å². The summed E-state index contributed by atoms with van der Waals surface area (Å²) in [5.74, 6) is 0.285. The summed E-state index contributed by atoms with van der Waals surface area (Å²) in [6, 6.07) is 10.2. The smallest absolute Gasteiger partial charge is 0.248 e. The molecular formula is C22H32N2O3. The number of amides is 2. The fourth-order valence-electron chi connectivity index (χ4n) is 4.49. The molecule has 0 saturated carbocycles. The van der Waals surface area contributed by atoms with Gasteiger partial charge >= 0.3 is 0 Å². The summed E-state index contributed by atoms with van der Waals surface area (Å²) in [6.45, 7) is 8.02. The minimum Gasteiger partial charge on any atom is -0.372 e. The monoisotopic (exact) mass is 372 g/mol. The maximum Gasteiger partial charge on any atom is 0.248 e. The molecule has 1 spiro atoms. The van der Waals surface area contributed by atoms with Gasteiger partial charge in [-0.25, -0.2) is 0 Å².